The van der Waals surface area contributed by atoms with E-state index in [-0.39, 0.29) is 6.04 Å². The maximum absolute atomic E-state index is 5.50. The van der Waals surface area contributed by atoms with Gasteiger partial charge in [0.15, 0.2) is 0 Å². The van der Waals surface area contributed by atoms with Crippen LogP contribution in [0.1, 0.15) is 29.8 Å². The van der Waals surface area contributed by atoms with Crippen molar-refractivity contribution in [3.05, 3.63) is 53.6 Å². The Kier molecular flexibility index (Phi) is 4.47. The molecule has 100 valence electrons. The second kappa shape index (κ2) is 6.29. The molecule has 0 saturated carbocycles. The molecule has 0 amide bonds. The highest BCUT2D eigenvalue weighted by Gasteiger charge is 2.15. The lowest BCUT2D eigenvalue weighted by molar-refractivity contribution is 0.338. The Hall–Kier alpha value is -1.94. The third kappa shape index (κ3) is 3.09. The van der Waals surface area contributed by atoms with Crippen molar-refractivity contribution in [2.75, 3.05) is 13.7 Å². The van der Waals surface area contributed by atoms with Crippen LogP contribution in [0.2, 0.25) is 0 Å². The highest BCUT2D eigenvalue weighted by molar-refractivity contribution is 5.35. The minimum atomic E-state index is 0.0709. The highest BCUT2D eigenvalue weighted by atomic mass is 16.5. The van der Waals surface area contributed by atoms with E-state index < -0.39 is 0 Å². The van der Waals surface area contributed by atoms with E-state index in [1.54, 1.807) is 12.4 Å². The van der Waals surface area contributed by atoms with Crippen LogP contribution in [0.25, 0.3) is 0 Å². The maximum atomic E-state index is 5.50. The molecule has 0 saturated heterocycles. The smallest absolute Gasteiger partial charge is 0.137 e. The van der Waals surface area contributed by atoms with Gasteiger partial charge in [0.1, 0.15) is 5.75 Å². The van der Waals surface area contributed by atoms with E-state index in [1.165, 1.54) is 0 Å². The minimum absolute atomic E-state index is 0.0709. The van der Waals surface area contributed by atoms with Crippen molar-refractivity contribution < 1.29 is 4.74 Å². The molecule has 2 rings (SSSR count). The molecule has 1 atom stereocenters. The average Bonchev–Trinajstić information content (AvgIpc) is 2.43. The molecule has 0 aliphatic rings. The number of nitrogens with one attached hydrogen (secondary N) is 1. The number of pyridine rings is 2. The van der Waals surface area contributed by atoms with E-state index >= 15 is 0 Å². The molecule has 2 aromatic heterocycles. The number of nitrogens with zero attached hydrogens (tertiary/aromatic N) is 2. The zero-order chi connectivity index (χ0) is 13.7. The van der Waals surface area contributed by atoms with E-state index in [0.717, 1.165) is 22.6 Å². The molecule has 0 aliphatic heterocycles. The van der Waals surface area contributed by atoms with Gasteiger partial charge < -0.3 is 10.1 Å². The second-order valence-electron chi connectivity index (χ2n) is 4.29. The van der Waals surface area contributed by atoms with E-state index in [0.29, 0.717) is 6.61 Å². The Morgan fingerprint density at radius 3 is 2.89 bits per heavy atom. The lowest BCUT2D eigenvalue weighted by Gasteiger charge is -2.19. The summed E-state index contributed by atoms with van der Waals surface area (Å²) in [6.07, 6.45) is 5.40. The van der Waals surface area contributed by atoms with Gasteiger partial charge in [-0.1, -0.05) is 6.07 Å². The molecule has 0 aliphatic carbocycles. The Labute approximate surface area is 113 Å². The maximum Gasteiger partial charge on any atom is 0.137 e. The van der Waals surface area contributed by atoms with Crippen molar-refractivity contribution in [1.29, 1.82) is 0 Å². The predicted octanol–water partition coefficient (Wildman–Crippen LogP) is 2.49. The first-order chi connectivity index (χ1) is 9.26. The van der Waals surface area contributed by atoms with Crippen molar-refractivity contribution in [3.8, 4) is 5.75 Å². The van der Waals surface area contributed by atoms with Gasteiger partial charge in [-0.15, -0.1) is 0 Å². The topological polar surface area (TPSA) is 47.0 Å². The average molecular weight is 257 g/mol. The molecule has 1 N–H and O–H groups in total. The third-order valence-electron chi connectivity index (χ3n) is 3.03. The number of aromatic nitrogens is 2. The number of hydrogen-bond acceptors (Lipinski definition) is 4. The molecule has 19 heavy (non-hydrogen) atoms. The zero-order valence-corrected chi connectivity index (χ0v) is 11.6. The molecule has 2 aromatic rings. The fraction of sp³-hybridized carbons (Fsp3) is 0.333. The Balaban J connectivity index is 2.37. The number of aryl methyl sites for hydroxylation is 1. The summed E-state index contributed by atoms with van der Waals surface area (Å²) in [7, 11) is 1.93. The highest BCUT2D eigenvalue weighted by Crippen LogP contribution is 2.25. The molecule has 0 bridgehead atoms. The summed E-state index contributed by atoms with van der Waals surface area (Å²) in [4.78, 5) is 8.58. The molecule has 0 aromatic carbocycles. The van der Waals surface area contributed by atoms with Crippen molar-refractivity contribution in [3.63, 3.8) is 0 Å². The van der Waals surface area contributed by atoms with Crippen LogP contribution in [0, 0.1) is 6.92 Å². The summed E-state index contributed by atoms with van der Waals surface area (Å²) >= 11 is 0. The van der Waals surface area contributed by atoms with E-state index in [1.807, 2.05) is 39.2 Å². The van der Waals surface area contributed by atoms with Crippen LogP contribution in [0.3, 0.4) is 0 Å². The molecular weight excluding hydrogens is 238 g/mol. The standard InChI is InChI=1S/C15H19N3O/c1-4-19-13-8-12(9-17-10-13)15(16-3)14-6-5-7-18-11(14)2/h5-10,15-16H,4H2,1-3H3. The van der Waals surface area contributed by atoms with Gasteiger partial charge in [-0.25, -0.2) is 0 Å². The van der Waals surface area contributed by atoms with Crippen LogP contribution < -0.4 is 10.1 Å². The van der Waals surface area contributed by atoms with Gasteiger partial charge in [-0.05, 0) is 44.2 Å². The van der Waals surface area contributed by atoms with Crippen LogP contribution in [0.15, 0.2) is 36.8 Å². The minimum Gasteiger partial charge on any atom is -0.492 e. The van der Waals surface area contributed by atoms with Crippen molar-refractivity contribution in [2.24, 2.45) is 0 Å². The van der Waals surface area contributed by atoms with Crippen LogP contribution in [0.4, 0.5) is 0 Å². The van der Waals surface area contributed by atoms with Crippen LogP contribution >= 0.6 is 0 Å². The van der Waals surface area contributed by atoms with E-state index in [9.17, 15) is 0 Å². The second-order valence-corrected chi connectivity index (χ2v) is 4.29. The molecule has 1 unspecified atom stereocenters. The molecular formula is C15H19N3O. The first-order valence-electron chi connectivity index (χ1n) is 6.42. The van der Waals surface area contributed by atoms with Gasteiger partial charge >= 0.3 is 0 Å². The lowest BCUT2D eigenvalue weighted by Crippen LogP contribution is -2.19. The van der Waals surface area contributed by atoms with Gasteiger partial charge in [-0.2, -0.15) is 0 Å². The summed E-state index contributed by atoms with van der Waals surface area (Å²) in [6, 6.07) is 6.12. The number of ether oxygens (including phenoxy) is 1. The van der Waals surface area contributed by atoms with Gasteiger partial charge in [0.05, 0.1) is 18.8 Å². The van der Waals surface area contributed by atoms with E-state index in [2.05, 4.69) is 21.4 Å². The summed E-state index contributed by atoms with van der Waals surface area (Å²) in [6.45, 7) is 4.62. The quantitative estimate of drug-likeness (QED) is 0.894. The first kappa shape index (κ1) is 13.5. The SMILES string of the molecule is CCOc1cncc(C(NC)c2cccnc2C)c1. The largest absolute Gasteiger partial charge is 0.492 e. The van der Waals surface area contributed by atoms with Crippen molar-refractivity contribution in [2.45, 2.75) is 19.9 Å². The summed E-state index contributed by atoms with van der Waals surface area (Å²) in [5, 5.41) is 3.31. The molecule has 4 heteroatoms. The molecule has 0 fully saturated rings. The molecule has 2 heterocycles. The first-order valence-corrected chi connectivity index (χ1v) is 6.42. The normalized spacial score (nSPS) is 12.2. The molecule has 0 radical (unpaired) electrons. The lowest BCUT2D eigenvalue weighted by atomic mass is 9.99. The van der Waals surface area contributed by atoms with E-state index in [4.69, 9.17) is 4.74 Å². The predicted molar refractivity (Wildman–Crippen MR) is 75.3 cm³/mol. The summed E-state index contributed by atoms with van der Waals surface area (Å²) < 4.78 is 5.50. The fourth-order valence-electron chi connectivity index (χ4n) is 2.14. The molecule has 4 nitrogen and oxygen atoms in total. The zero-order valence-electron chi connectivity index (χ0n) is 11.6. The summed E-state index contributed by atoms with van der Waals surface area (Å²) in [5.41, 5.74) is 3.24. The van der Waals surface area contributed by atoms with Crippen molar-refractivity contribution >= 4 is 0 Å². The Bertz CT molecular complexity index is 542. The Morgan fingerprint density at radius 2 is 2.21 bits per heavy atom. The van der Waals surface area contributed by atoms with Gasteiger partial charge in [0, 0.05) is 18.1 Å². The number of rotatable bonds is 5. The van der Waals surface area contributed by atoms with Gasteiger partial charge in [0.25, 0.3) is 0 Å². The van der Waals surface area contributed by atoms with Gasteiger partial charge in [0.2, 0.25) is 0 Å². The molecule has 0 spiro atoms. The fourth-order valence-corrected chi connectivity index (χ4v) is 2.14. The van der Waals surface area contributed by atoms with Crippen LogP contribution in [0.5, 0.6) is 5.75 Å². The Morgan fingerprint density at radius 1 is 1.37 bits per heavy atom. The van der Waals surface area contributed by atoms with Gasteiger partial charge in [-0.3, -0.25) is 9.97 Å². The summed E-state index contributed by atoms with van der Waals surface area (Å²) in [5.74, 6) is 0.793. The van der Waals surface area contributed by atoms with Crippen LogP contribution in [-0.2, 0) is 0 Å². The monoisotopic (exact) mass is 257 g/mol. The number of hydrogen-bond donors (Lipinski definition) is 1. The van der Waals surface area contributed by atoms with Crippen molar-refractivity contribution in [1.82, 2.24) is 15.3 Å². The third-order valence-corrected chi connectivity index (χ3v) is 3.03. The van der Waals surface area contributed by atoms with Crippen LogP contribution in [-0.4, -0.2) is 23.6 Å².